The molecule has 4 nitrogen and oxygen atoms in total. The minimum absolute atomic E-state index is 0.00863. The van der Waals surface area contributed by atoms with Gasteiger partial charge >= 0.3 is 0 Å². The van der Waals surface area contributed by atoms with Crippen LogP contribution in [0.15, 0.2) is 12.1 Å². The molecule has 1 aromatic carbocycles. The summed E-state index contributed by atoms with van der Waals surface area (Å²) >= 11 is 6.29. The quantitative estimate of drug-likeness (QED) is 0.472. The number of halogens is 1. The first-order chi connectivity index (χ1) is 11.0. The Morgan fingerprint density at radius 2 is 2.26 bits per heavy atom. The smallest absolute Gasteiger partial charge is 0.166 e. The Labute approximate surface area is 142 Å². The first-order valence-corrected chi connectivity index (χ1v) is 8.97. The largest absolute Gasteiger partial charge is 0.852 e. The predicted molar refractivity (Wildman–Crippen MR) is 86.8 cm³/mol. The zero-order valence-corrected chi connectivity index (χ0v) is 14.6. The first kappa shape index (κ1) is 15.6. The first-order valence-electron chi connectivity index (χ1n) is 8.44. The van der Waals surface area contributed by atoms with Crippen molar-refractivity contribution in [3.63, 3.8) is 0 Å². The number of alkyl halides is 1. The molecule has 4 rings (SSSR count). The zero-order valence-electron chi connectivity index (χ0n) is 13.8. The van der Waals surface area contributed by atoms with Gasteiger partial charge in [-0.05, 0) is 25.0 Å². The number of methoxy groups -OCH3 is 1. The SMILES string of the molecule is COc1ccc2c3c1O[C@H]1C[C@@H]([O-])CC[C@@]31CC[N@@+](C)(CCl)C2. The Morgan fingerprint density at radius 3 is 3.00 bits per heavy atom. The van der Waals surface area contributed by atoms with Gasteiger partial charge in [-0.25, -0.2) is 0 Å². The van der Waals surface area contributed by atoms with E-state index in [0.717, 1.165) is 48.3 Å². The molecule has 0 N–H and O–H groups in total. The summed E-state index contributed by atoms with van der Waals surface area (Å²) in [6.45, 7) is 1.93. The number of ether oxygens (including phenoxy) is 2. The summed E-state index contributed by atoms with van der Waals surface area (Å²) in [6.07, 6.45) is 2.77. The Hall–Kier alpha value is -0.970. The van der Waals surface area contributed by atoms with Gasteiger partial charge in [0.15, 0.2) is 17.5 Å². The van der Waals surface area contributed by atoms with Crippen molar-refractivity contribution in [2.45, 2.75) is 49.9 Å². The molecule has 0 unspecified atom stereocenters. The fourth-order valence-corrected chi connectivity index (χ4v) is 4.99. The van der Waals surface area contributed by atoms with Crippen molar-refractivity contribution in [1.82, 2.24) is 0 Å². The van der Waals surface area contributed by atoms with Gasteiger partial charge in [-0.15, -0.1) is 6.10 Å². The van der Waals surface area contributed by atoms with E-state index in [-0.39, 0.29) is 11.5 Å². The van der Waals surface area contributed by atoms with Crippen LogP contribution in [0, 0.1) is 0 Å². The third-order valence-corrected chi connectivity index (χ3v) is 6.71. The van der Waals surface area contributed by atoms with E-state index in [1.54, 1.807) is 7.11 Å². The van der Waals surface area contributed by atoms with E-state index in [9.17, 15) is 5.11 Å². The Kier molecular flexibility index (Phi) is 3.56. The summed E-state index contributed by atoms with van der Waals surface area (Å²) in [5.74, 6) is 1.68. The Bertz CT molecular complexity index is 637. The van der Waals surface area contributed by atoms with Crippen LogP contribution in [-0.4, -0.2) is 43.4 Å². The van der Waals surface area contributed by atoms with Crippen LogP contribution in [0.1, 0.15) is 36.8 Å². The molecule has 126 valence electrons. The molecular formula is C18H24ClNO3. The summed E-state index contributed by atoms with van der Waals surface area (Å²) in [4.78, 5) is 0. The van der Waals surface area contributed by atoms with Crippen molar-refractivity contribution in [3.05, 3.63) is 23.3 Å². The molecule has 1 aliphatic carbocycles. The van der Waals surface area contributed by atoms with Crippen molar-refractivity contribution in [3.8, 4) is 11.5 Å². The van der Waals surface area contributed by atoms with Crippen molar-refractivity contribution < 1.29 is 19.1 Å². The minimum Gasteiger partial charge on any atom is -0.852 e. The molecule has 1 saturated carbocycles. The lowest BCUT2D eigenvalue weighted by atomic mass is 9.65. The van der Waals surface area contributed by atoms with Crippen molar-refractivity contribution >= 4 is 11.6 Å². The van der Waals surface area contributed by atoms with Crippen molar-refractivity contribution in [2.24, 2.45) is 0 Å². The van der Waals surface area contributed by atoms with Gasteiger partial charge in [0, 0.05) is 23.0 Å². The highest BCUT2D eigenvalue weighted by atomic mass is 35.5. The Morgan fingerprint density at radius 1 is 1.43 bits per heavy atom. The molecular weight excluding hydrogens is 314 g/mol. The van der Waals surface area contributed by atoms with E-state index in [4.69, 9.17) is 21.1 Å². The zero-order chi connectivity index (χ0) is 16.2. The van der Waals surface area contributed by atoms with Gasteiger partial charge in [0.25, 0.3) is 0 Å². The van der Waals surface area contributed by atoms with Gasteiger partial charge in [-0.2, -0.15) is 0 Å². The standard InChI is InChI=1S/C18H24ClNO3/c1-20(11-19)8-7-18-6-5-13(21)9-15(18)23-17-14(22-2)4-3-12(10-20)16(17)18/h3-4,13,15H,5-11H2,1-2H3/t13-,15-,18-,20+/m0/s1. The average molecular weight is 338 g/mol. The highest BCUT2D eigenvalue weighted by Gasteiger charge is 2.55. The molecule has 3 aliphatic rings. The number of hydrogen-bond acceptors (Lipinski definition) is 3. The fraction of sp³-hybridized carbons (Fsp3) is 0.667. The number of rotatable bonds is 2. The van der Waals surface area contributed by atoms with Crippen LogP contribution in [0.4, 0.5) is 0 Å². The summed E-state index contributed by atoms with van der Waals surface area (Å²) in [5, 5.41) is 12.1. The highest BCUT2D eigenvalue weighted by Crippen LogP contribution is 2.57. The molecule has 0 amide bonds. The van der Waals surface area contributed by atoms with E-state index in [1.807, 2.05) is 6.07 Å². The van der Waals surface area contributed by atoms with Crippen molar-refractivity contribution in [1.29, 1.82) is 0 Å². The van der Waals surface area contributed by atoms with Gasteiger partial charge in [-0.1, -0.05) is 18.0 Å². The van der Waals surface area contributed by atoms with Gasteiger partial charge in [0.1, 0.15) is 12.6 Å². The van der Waals surface area contributed by atoms with Crippen LogP contribution in [0.3, 0.4) is 0 Å². The molecule has 0 bridgehead atoms. The van der Waals surface area contributed by atoms with Crippen LogP contribution in [0.25, 0.3) is 0 Å². The second-order valence-electron chi connectivity index (χ2n) is 7.66. The molecule has 0 saturated heterocycles. The number of benzene rings is 1. The van der Waals surface area contributed by atoms with Gasteiger partial charge in [0.2, 0.25) is 0 Å². The van der Waals surface area contributed by atoms with E-state index in [2.05, 4.69) is 13.1 Å². The third-order valence-electron chi connectivity index (χ3n) is 6.13. The summed E-state index contributed by atoms with van der Waals surface area (Å²) in [6, 6.07) is 4.77. The maximum Gasteiger partial charge on any atom is 0.166 e. The lowest BCUT2D eigenvalue weighted by Crippen LogP contribution is -2.50. The molecule has 4 atom stereocenters. The summed E-state index contributed by atoms with van der Waals surface area (Å²) < 4.78 is 12.7. The van der Waals surface area contributed by atoms with Crippen LogP contribution in [0.5, 0.6) is 11.5 Å². The maximum absolute atomic E-state index is 12.1. The highest BCUT2D eigenvalue weighted by molar-refractivity contribution is 6.16. The van der Waals surface area contributed by atoms with Crippen LogP contribution in [-0.2, 0) is 12.0 Å². The molecule has 1 fully saturated rings. The average Bonchev–Trinajstić information content (AvgIpc) is 2.81. The molecule has 0 radical (unpaired) electrons. The molecule has 2 heterocycles. The van der Waals surface area contributed by atoms with Gasteiger partial charge in [-0.3, -0.25) is 0 Å². The van der Waals surface area contributed by atoms with Gasteiger partial charge < -0.3 is 19.1 Å². The van der Waals surface area contributed by atoms with Crippen molar-refractivity contribution in [2.75, 3.05) is 26.7 Å². The predicted octanol–water partition coefficient (Wildman–Crippen LogP) is 2.15. The summed E-state index contributed by atoms with van der Waals surface area (Å²) in [5.41, 5.74) is 2.59. The van der Waals surface area contributed by atoms with E-state index >= 15 is 0 Å². The normalized spacial score (nSPS) is 38.3. The number of quaternary nitrogens is 1. The van der Waals surface area contributed by atoms with E-state index in [0.29, 0.717) is 12.4 Å². The van der Waals surface area contributed by atoms with E-state index < -0.39 is 6.10 Å². The molecule has 1 aromatic rings. The second-order valence-corrected chi connectivity index (χ2v) is 7.90. The topological polar surface area (TPSA) is 41.5 Å². The van der Waals surface area contributed by atoms with Gasteiger partial charge in [0.05, 0.1) is 20.7 Å². The molecule has 0 aromatic heterocycles. The minimum atomic E-state index is -0.508. The van der Waals surface area contributed by atoms with Crippen LogP contribution >= 0.6 is 11.6 Å². The lowest BCUT2D eigenvalue weighted by Gasteiger charge is -2.43. The monoisotopic (exact) mass is 337 g/mol. The fourth-order valence-electron chi connectivity index (χ4n) is 4.78. The molecule has 2 aliphatic heterocycles. The van der Waals surface area contributed by atoms with E-state index in [1.165, 1.54) is 11.1 Å². The molecule has 1 spiro atoms. The number of nitrogens with zero attached hydrogens (tertiary/aromatic N) is 1. The lowest BCUT2D eigenvalue weighted by molar-refractivity contribution is -0.912. The van der Waals surface area contributed by atoms with Crippen LogP contribution < -0.4 is 14.6 Å². The molecule has 23 heavy (non-hydrogen) atoms. The summed E-state index contributed by atoms with van der Waals surface area (Å²) in [7, 11) is 3.90. The molecule has 5 heteroatoms. The number of hydrogen-bond donors (Lipinski definition) is 0. The third kappa shape index (κ3) is 2.19. The van der Waals surface area contributed by atoms with Crippen LogP contribution in [0.2, 0.25) is 0 Å². The maximum atomic E-state index is 12.1. The second kappa shape index (κ2) is 5.27. The Balaban J connectivity index is 1.89.